The average molecular weight is 291 g/mol. The monoisotopic (exact) mass is 291 g/mol. The maximum Gasteiger partial charge on any atom is 0.341 e. The number of carbonyl (C=O) groups excluding carboxylic acids is 1. The second-order valence-electron chi connectivity index (χ2n) is 3.91. The number of aryl methyl sites for hydroxylation is 1. The fraction of sp³-hybridized carbons (Fsp3) is 0.545. The second kappa shape index (κ2) is 5.27. The molecule has 0 fully saturated rings. The first-order valence-corrected chi connectivity index (χ1v) is 8.07. The summed E-state index contributed by atoms with van der Waals surface area (Å²) in [7, 11) is -1.96. The van der Waals surface area contributed by atoms with Crippen LogP contribution in [0, 0.1) is 13.8 Å². The van der Waals surface area contributed by atoms with Gasteiger partial charge in [-0.15, -0.1) is 11.3 Å². The van der Waals surface area contributed by atoms with Crippen LogP contribution in [0.5, 0.6) is 0 Å². The van der Waals surface area contributed by atoms with Crippen LogP contribution >= 0.6 is 11.3 Å². The summed E-state index contributed by atoms with van der Waals surface area (Å²) in [6.07, 6.45) is 1.10. The van der Waals surface area contributed by atoms with Crippen LogP contribution in [0.3, 0.4) is 0 Å². The molecule has 5 nitrogen and oxygen atoms in total. The van der Waals surface area contributed by atoms with E-state index in [-0.39, 0.29) is 6.61 Å². The molecule has 0 saturated carbocycles. The first-order chi connectivity index (χ1) is 8.20. The third kappa shape index (κ3) is 2.84. The Bertz CT molecular complexity index is 560. The second-order valence-corrected chi connectivity index (χ2v) is 7.13. The average Bonchev–Trinajstić information content (AvgIpc) is 2.53. The van der Waals surface area contributed by atoms with Gasteiger partial charge >= 0.3 is 5.97 Å². The molecule has 0 aliphatic heterocycles. The largest absolute Gasteiger partial charge is 0.462 e. The summed E-state index contributed by atoms with van der Waals surface area (Å²) in [5.74, 6) is -0.482. The number of sulfonamides is 1. The molecular formula is C11H17NO4S2. The highest BCUT2D eigenvalue weighted by Crippen LogP contribution is 2.36. The standard InChI is InChI=1S/C11H17NO4S2/c1-6-16-11(13)9-7(2)8(3)17-10(9)12(4)18(5,14)15/h6H2,1-5H3. The molecule has 0 spiro atoms. The molecular weight excluding hydrogens is 274 g/mol. The number of carbonyl (C=O) groups is 1. The van der Waals surface area contributed by atoms with Gasteiger partial charge in [-0.05, 0) is 26.3 Å². The summed E-state index contributed by atoms with van der Waals surface area (Å²) in [4.78, 5) is 12.8. The smallest absolute Gasteiger partial charge is 0.341 e. The van der Waals surface area contributed by atoms with E-state index in [1.807, 2.05) is 6.92 Å². The number of ether oxygens (including phenoxy) is 1. The SMILES string of the molecule is CCOC(=O)c1c(N(C)S(C)(=O)=O)sc(C)c1C. The predicted octanol–water partition coefficient (Wildman–Crippen LogP) is 1.94. The van der Waals surface area contributed by atoms with E-state index >= 15 is 0 Å². The van der Waals surface area contributed by atoms with Gasteiger partial charge in [0.15, 0.2) is 0 Å². The lowest BCUT2D eigenvalue weighted by atomic mass is 10.1. The zero-order chi connectivity index (χ0) is 14.1. The molecule has 1 rings (SSSR count). The van der Waals surface area contributed by atoms with Gasteiger partial charge in [-0.2, -0.15) is 0 Å². The molecule has 18 heavy (non-hydrogen) atoms. The highest BCUT2D eigenvalue weighted by atomic mass is 32.2. The van der Waals surface area contributed by atoms with Gasteiger partial charge in [0, 0.05) is 11.9 Å². The van der Waals surface area contributed by atoms with Crippen molar-refractivity contribution in [1.82, 2.24) is 0 Å². The molecule has 7 heteroatoms. The quantitative estimate of drug-likeness (QED) is 0.795. The summed E-state index contributed by atoms with van der Waals surface area (Å²) in [5, 5.41) is 0.408. The zero-order valence-corrected chi connectivity index (χ0v) is 12.7. The number of hydrogen-bond acceptors (Lipinski definition) is 5. The Morgan fingerprint density at radius 3 is 2.39 bits per heavy atom. The minimum absolute atomic E-state index is 0.259. The van der Waals surface area contributed by atoms with Crippen molar-refractivity contribution in [2.75, 3.05) is 24.2 Å². The molecule has 102 valence electrons. The Balaban J connectivity index is 3.37. The minimum atomic E-state index is -3.39. The van der Waals surface area contributed by atoms with Crippen molar-refractivity contribution in [3.63, 3.8) is 0 Å². The number of nitrogens with zero attached hydrogens (tertiary/aromatic N) is 1. The molecule has 0 saturated heterocycles. The van der Waals surface area contributed by atoms with Crippen molar-refractivity contribution < 1.29 is 17.9 Å². The van der Waals surface area contributed by atoms with Crippen LogP contribution in [0.15, 0.2) is 0 Å². The summed E-state index contributed by atoms with van der Waals surface area (Å²) >= 11 is 1.28. The Morgan fingerprint density at radius 2 is 1.94 bits per heavy atom. The summed E-state index contributed by atoms with van der Waals surface area (Å²) in [6.45, 7) is 5.61. The third-order valence-electron chi connectivity index (χ3n) is 2.63. The van der Waals surface area contributed by atoms with Crippen LogP contribution in [-0.2, 0) is 14.8 Å². The van der Waals surface area contributed by atoms with Crippen molar-refractivity contribution in [2.45, 2.75) is 20.8 Å². The van der Waals surface area contributed by atoms with Crippen LogP contribution in [0.2, 0.25) is 0 Å². The van der Waals surface area contributed by atoms with E-state index in [0.717, 1.165) is 21.0 Å². The predicted molar refractivity (Wildman–Crippen MR) is 73.0 cm³/mol. The van der Waals surface area contributed by atoms with Crippen molar-refractivity contribution >= 4 is 32.3 Å². The van der Waals surface area contributed by atoms with Crippen LogP contribution in [-0.4, -0.2) is 34.3 Å². The number of thiophene rings is 1. The molecule has 0 aliphatic carbocycles. The van der Waals surface area contributed by atoms with E-state index in [2.05, 4.69) is 0 Å². The number of anilines is 1. The normalized spacial score (nSPS) is 11.4. The van der Waals surface area contributed by atoms with E-state index < -0.39 is 16.0 Å². The maximum absolute atomic E-state index is 11.9. The Labute approximate surface area is 111 Å². The molecule has 0 unspecified atom stereocenters. The minimum Gasteiger partial charge on any atom is -0.462 e. The lowest BCUT2D eigenvalue weighted by molar-refractivity contribution is 0.0527. The highest BCUT2D eigenvalue weighted by molar-refractivity contribution is 7.92. The zero-order valence-electron chi connectivity index (χ0n) is 11.1. The molecule has 0 aliphatic rings. The highest BCUT2D eigenvalue weighted by Gasteiger charge is 2.26. The summed E-state index contributed by atoms with van der Waals surface area (Å²) in [5.41, 5.74) is 1.11. The van der Waals surface area contributed by atoms with Gasteiger partial charge in [-0.25, -0.2) is 13.2 Å². The number of hydrogen-bond donors (Lipinski definition) is 0. The van der Waals surface area contributed by atoms with Crippen molar-refractivity contribution in [3.05, 3.63) is 16.0 Å². The van der Waals surface area contributed by atoms with Gasteiger partial charge in [0.2, 0.25) is 10.0 Å². The van der Waals surface area contributed by atoms with Gasteiger partial charge in [0.25, 0.3) is 0 Å². The fourth-order valence-corrected chi connectivity index (χ4v) is 3.35. The Morgan fingerprint density at radius 1 is 1.39 bits per heavy atom. The summed E-state index contributed by atoms with van der Waals surface area (Å²) < 4.78 is 29.2. The molecule has 0 N–H and O–H groups in total. The first kappa shape index (κ1) is 15.0. The van der Waals surface area contributed by atoms with Crippen LogP contribution in [0.1, 0.15) is 27.7 Å². The van der Waals surface area contributed by atoms with Crippen LogP contribution in [0.25, 0.3) is 0 Å². The van der Waals surface area contributed by atoms with E-state index in [9.17, 15) is 13.2 Å². The number of esters is 1. The molecule has 0 aromatic carbocycles. The van der Waals surface area contributed by atoms with Crippen molar-refractivity contribution in [2.24, 2.45) is 0 Å². The molecule has 0 amide bonds. The summed E-state index contributed by atoms with van der Waals surface area (Å²) in [6, 6.07) is 0. The molecule has 0 bridgehead atoms. The topological polar surface area (TPSA) is 63.7 Å². The maximum atomic E-state index is 11.9. The van der Waals surface area contributed by atoms with Gasteiger partial charge in [-0.1, -0.05) is 0 Å². The van der Waals surface area contributed by atoms with Gasteiger partial charge in [0.05, 0.1) is 18.4 Å². The van der Waals surface area contributed by atoms with Gasteiger partial charge < -0.3 is 4.74 Å². The molecule has 0 atom stereocenters. The first-order valence-electron chi connectivity index (χ1n) is 5.41. The lowest BCUT2D eigenvalue weighted by Crippen LogP contribution is -2.26. The Hall–Kier alpha value is -1.08. The number of rotatable bonds is 4. The van der Waals surface area contributed by atoms with E-state index in [0.29, 0.717) is 10.6 Å². The molecule has 1 aromatic rings. The molecule has 1 aromatic heterocycles. The fourth-order valence-electron chi connectivity index (χ4n) is 1.43. The molecule has 0 radical (unpaired) electrons. The van der Waals surface area contributed by atoms with Gasteiger partial charge in [-0.3, -0.25) is 4.31 Å². The molecule has 1 heterocycles. The third-order valence-corrected chi connectivity index (χ3v) is 5.21. The van der Waals surface area contributed by atoms with E-state index in [1.165, 1.54) is 18.4 Å². The lowest BCUT2D eigenvalue weighted by Gasteiger charge is -2.16. The van der Waals surface area contributed by atoms with Crippen LogP contribution in [0.4, 0.5) is 5.00 Å². The van der Waals surface area contributed by atoms with Gasteiger partial charge in [0.1, 0.15) is 5.00 Å². The van der Waals surface area contributed by atoms with Crippen molar-refractivity contribution in [1.29, 1.82) is 0 Å². The van der Waals surface area contributed by atoms with E-state index in [1.54, 1.807) is 13.8 Å². The van der Waals surface area contributed by atoms with Crippen LogP contribution < -0.4 is 4.31 Å². The van der Waals surface area contributed by atoms with Crippen molar-refractivity contribution in [3.8, 4) is 0 Å². The Kier molecular flexibility index (Phi) is 4.39. The van der Waals surface area contributed by atoms with E-state index in [4.69, 9.17) is 4.74 Å².